The summed E-state index contributed by atoms with van der Waals surface area (Å²) in [6.07, 6.45) is 4.53. The van der Waals surface area contributed by atoms with Gasteiger partial charge in [-0.25, -0.2) is 4.79 Å². The van der Waals surface area contributed by atoms with Gasteiger partial charge in [0.1, 0.15) is 0 Å². The lowest BCUT2D eigenvalue weighted by atomic mass is 9.89. The van der Waals surface area contributed by atoms with Gasteiger partial charge in [0.2, 0.25) is 0 Å². The van der Waals surface area contributed by atoms with E-state index >= 15 is 0 Å². The zero-order valence-corrected chi connectivity index (χ0v) is 15.0. The monoisotopic (exact) mass is 354 g/mol. The van der Waals surface area contributed by atoms with Crippen LogP contribution in [0.3, 0.4) is 0 Å². The maximum Gasteiger partial charge on any atom is 0.321 e. The minimum atomic E-state index is -0.000252. The Balaban J connectivity index is 1.40. The summed E-state index contributed by atoms with van der Waals surface area (Å²) < 4.78 is 0. The van der Waals surface area contributed by atoms with Gasteiger partial charge in [-0.3, -0.25) is 4.90 Å². The van der Waals surface area contributed by atoms with Gasteiger partial charge >= 0.3 is 6.03 Å². The molecule has 2 unspecified atom stereocenters. The molecule has 3 nitrogen and oxygen atoms in total. The first-order valence-corrected chi connectivity index (χ1v) is 9.49. The molecular formula is C21H23ClN2O. The minimum absolute atomic E-state index is 0.000252. The molecule has 2 amide bonds. The van der Waals surface area contributed by atoms with E-state index in [0.717, 1.165) is 25.2 Å². The number of benzene rings is 2. The molecule has 4 rings (SSSR count). The molecule has 130 valence electrons. The molecule has 1 aliphatic heterocycles. The number of hydrogen-bond donors (Lipinski definition) is 1. The van der Waals surface area contributed by atoms with Gasteiger partial charge < -0.3 is 5.32 Å². The van der Waals surface area contributed by atoms with Gasteiger partial charge in [0.25, 0.3) is 0 Å². The molecular weight excluding hydrogens is 332 g/mol. The van der Waals surface area contributed by atoms with Gasteiger partial charge in [0.15, 0.2) is 0 Å². The van der Waals surface area contributed by atoms with Gasteiger partial charge in [-0.05, 0) is 54.4 Å². The molecule has 0 aromatic heterocycles. The number of fused-ring (bicyclic) bond motifs is 1. The van der Waals surface area contributed by atoms with E-state index < -0.39 is 0 Å². The number of anilines is 1. The number of nitrogens with zero attached hydrogens (tertiary/aromatic N) is 1. The van der Waals surface area contributed by atoms with Gasteiger partial charge in [0, 0.05) is 18.1 Å². The second-order valence-electron chi connectivity index (χ2n) is 7.07. The molecule has 4 heteroatoms. The van der Waals surface area contributed by atoms with Crippen LogP contribution in [0.1, 0.15) is 36.3 Å². The zero-order chi connectivity index (χ0) is 17.2. The first kappa shape index (κ1) is 16.5. The van der Waals surface area contributed by atoms with Crippen molar-refractivity contribution in [2.45, 2.75) is 31.6 Å². The van der Waals surface area contributed by atoms with E-state index in [1.165, 1.54) is 30.4 Å². The van der Waals surface area contributed by atoms with Crippen LogP contribution in [0.2, 0.25) is 5.02 Å². The van der Waals surface area contributed by atoms with Crippen molar-refractivity contribution in [2.24, 2.45) is 5.92 Å². The van der Waals surface area contributed by atoms with Crippen molar-refractivity contribution >= 4 is 23.3 Å². The highest BCUT2D eigenvalue weighted by molar-refractivity contribution is 6.31. The molecule has 0 radical (unpaired) electrons. The Bertz CT molecular complexity index is 762. The lowest BCUT2D eigenvalue weighted by Gasteiger charge is -2.23. The number of rotatable bonds is 3. The molecule has 2 aromatic carbocycles. The van der Waals surface area contributed by atoms with Gasteiger partial charge in [0.05, 0.1) is 5.69 Å². The summed E-state index contributed by atoms with van der Waals surface area (Å²) in [5.41, 5.74) is 3.55. The Morgan fingerprint density at radius 2 is 2.00 bits per heavy atom. The van der Waals surface area contributed by atoms with Crippen LogP contribution >= 0.6 is 11.6 Å². The van der Waals surface area contributed by atoms with Crippen molar-refractivity contribution in [3.63, 3.8) is 0 Å². The average Bonchev–Trinajstić information content (AvgIpc) is 3.27. The highest BCUT2D eigenvalue weighted by atomic mass is 35.5. The van der Waals surface area contributed by atoms with Crippen LogP contribution in [0.15, 0.2) is 48.5 Å². The summed E-state index contributed by atoms with van der Waals surface area (Å²) in [7, 11) is 0. The third-order valence-corrected chi connectivity index (χ3v) is 5.83. The van der Waals surface area contributed by atoms with Crippen molar-refractivity contribution in [1.82, 2.24) is 5.32 Å². The van der Waals surface area contributed by atoms with Crippen LogP contribution < -0.4 is 10.2 Å². The van der Waals surface area contributed by atoms with Crippen LogP contribution in [0, 0.1) is 5.92 Å². The first-order valence-electron chi connectivity index (χ1n) is 9.11. The average molecular weight is 355 g/mol. The van der Waals surface area contributed by atoms with E-state index in [1.807, 2.05) is 23.1 Å². The smallest absolute Gasteiger partial charge is 0.321 e. The molecule has 1 aliphatic carbocycles. The molecule has 2 atom stereocenters. The minimum Gasteiger partial charge on any atom is -0.337 e. The summed E-state index contributed by atoms with van der Waals surface area (Å²) >= 11 is 6.10. The number of nitrogens with one attached hydrogen (secondary N) is 1. The van der Waals surface area contributed by atoms with Gasteiger partial charge in [-0.1, -0.05) is 54.4 Å². The van der Waals surface area contributed by atoms with E-state index in [9.17, 15) is 4.79 Å². The van der Waals surface area contributed by atoms with Crippen LogP contribution in [0.5, 0.6) is 0 Å². The SMILES string of the molecule is O=C(NCC1CCCC1c1ccccc1)N1CCc2ccc(Cl)cc21. The van der Waals surface area contributed by atoms with Gasteiger partial charge in [-0.15, -0.1) is 0 Å². The fraction of sp³-hybridized carbons (Fsp3) is 0.381. The third-order valence-electron chi connectivity index (χ3n) is 5.59. The quantitative estimate of drug-likeness (QED) is 0.826. The van der Waals surface area contributed by atoms with E-state index in [0.29, 0.717) is 16.9 Å². The van der Waals surface area contributed by atoms with Crippen molar-refractivity contribution in [3.05, 3.63) is 64.7 Å². The molecule has 0 saturated heterocycles. The van der Waals surface area contributed by atoms with Crippen LogP contribution in [0.4, 0.5) is 10.5 Å². The van der Waals surface area contributed by atoms with Crippen molar-refractivity contribution in [1.29, 1.82) is 0 Å². The lowest BCUT2D eigenvalue weighted by molar-refractivity contribution is 0.244. The number of carbonyl (C=O) groups excluding carboxylic acids is 1. The molecule has 1 N–H and O–H groups in total. The van der Waals surface area contributed by atoms with Crippen molar-refractivity contribution in [3.8, 4) is 0 Å². The number of urea groups is 1. The lowest BCUT2D eigenvalue weighted by Crippen LogP contribution is -2.41. The molecule has 0 spiro atoms. The van der Waals surface area contributed by atoms with Crippen molar-refractivity contribution < 1.29 is 4.79 Å². The predicted molar refractivity (Wildman–Crippen MR) is 102 cm³/mol. The topological polar surface area (TPSA) is 32.3 Å². The second kappa shape index (κ2) is 7.09. The van der Waals surface area contributed by atoms with Gasteiger partial charge in [-0.2, -0.15) is 0 Å². The number of hydrogen-bond acceptors (Lipinski definition) is 1. The second-order valence-corrected chi connectivity index (χ2v) is 7.51. The fourth-order valence-corrected chi connectivity index (χ4v) is 4.46. The highest BCUT2D eigenvalue weighted by Crippen LogP contribution is 2.39. The Labute approximate surface area is 154 Å². The molecule has 1 heterocycles. The largest absolute Gasteiger partial charge is 0.337 e. The van der Waals surface area contributed by atoms with Crippen LogP contribution in [-0.4, -0.2) is 19.1 Å². The zero-order valence-electron chi connectivity index (χ0n) is 14.2. The highest BCUT2D eigenvalue weighted by Gasteiger charge is 2.30. The molecule has 1 saturated carbocycles. The molecule has 25 heavy (non-hydrogen) atoms. The number of halogens is 1. The maximum absolute atomic E-state index is 12.7. The van der Waals surface area contributed by atoms with E-state index in [4.69, 9.17) is 11.6 Å². The first-order chi connectivity index (χ1) is 12.2. The predicted octanol–water partition coefficient (Wildman–Crippen LogP) is 5.00. The van der Waals surface area contributed by atoms with E-state index in [2.05, 4.69) is 35.6 Å². The summed E-state index contributed by atoms with van der Waals surface area (Å²) in [5, 5.41) is 3.85. The third kappa shape index (κ3) is 3.38. The Kier molecular flexibility index (Phi) is 4.67. The molecule has 2 aliphatic rings. The van der Waals surface area contributed by atoms with E-state index in [-0.39, 0.29) is 6.03 Å². The molecule has 1 fully saturated rings. The number of amides is 2. The Morgan fingerprint density at radius 3 is 2.84 bits per heavy atom. The van der Waals surface area contributed by atoms with Crippen LogP contribution in [0.25, 0.3) is 0 Å². The summed E-state index contributed by atoms with van der Waals surface area (Å²) in [5.74, 6) is 1.08. The van der Waals surface area contributed by atoms with Crippen molar-refractivity contribution in [2.75, 3.05) is 18.0 Å². The number of carbonyl (C=O) groups is 1. The molecule has 2 aromatic rings. The summed E-state index contributed by atoms with van der Waals surface area (Å²) in [4.78, 5) is 14.5. The fourth-order valence-electron chi connectivity index (χ4n) is 4.30. The molecule has 0 bridgehead atoms. The van der Waals surface area contributed by atoms with Crippen LogP contribution in [-0.2, 0) is 6.42 Å². The summed E-state index contributed by atoms with van der Waals surface area (Å²) in [6, 6.07) is 16.5. The maximum atomic E-state index is 12.7. The normalized spacial score (nSPS) is 22.0. The van der Waals surface area contributed by atoms with E-state index in [1.54, 1.807) is 0 Å². The Hall–Kier alpha value is -2.00. The Morgan fingerprint density at radius 1 is 1.16 bits per heavy atom. The standard InChI is InChI=1S/C21H23ClN2O/c22-18-10-9-16-11-12-24(20(16)13-18)21(25)23-14-17-7-4-8-19(17)15-5-2-1-3-6-15/h1-3,5-6,9-10,13,17,19H,4,7-8,11-12,14H2,(H,23,25). The summed E-state index contributed by atoms with van der Waals surface area (Å²) in [6.45, 7) is 1.47.